The van der Waals surface area contributed by atoms with Crippen LogP contribution < -0.4 is 21.1 Å². The fourth-order valence-electron chi connectivity index (χ4n) is 2.64. The Bertz CT molecular complexity index is 780. The molecule has 1 amide bonds. The van der Waals surface area contributed by atoms with Gasteiger partial charge in [-0.1, -0.05) is 36.4 Å². The Balaban J connectivity index is 0.00000364. The molecule has 0 bridgehead atoms. The van der Waals surface area contributed by atoms with E-state index in [1.165, 1.54) is 11.1 Å². The van der Waals surface area contributed by atoms with Gasteiger partial charge in [-0.3, -0.25) is 9.79 Å². The van der Waals surface area contributed by atoms with Crippen molar-refractivity contribution in [2.24, 2.45) is 10.7 Å². The number of halogens is 1. The van der Waals surface area contributed by atoms with Crippen molar-refractivity contribution in [1.82, 2.24) is 10.6 Å². The van der Waals surface area contributed by atoms with Crippen molar-refractivity contribution in [2.45, 2.75) is 26.4 Å². The zero-order valence-corrected chi connectivity index (χ0v) is 18.2. The number of benzene rings is 2. The molecular weight excluding hydrogens is 455 g/mol. The molecule has 146 valence electrons. The minimum atomic E-state index is -0.497. The molecule has 0 saturated carbocycles. The summed E-state index contributed by atoms with van der Waals surface area (Å²) in [5.74, 6) is 0.826. The molecule has 2 rings (SSSR count). The van der Waals surface area contributed by atoms with Crippen molar-refractivity contribution in [3.05, 3.63) is 65.2 Å². The molecule has 27 heavy (non-hydrogen) atoms. The molecule has 2 aromatic rings. The van der Waals surface area contributed by atoms with E-state index in [4.69, 9.17) is 10.5 Å². The van der Waals surface area contributed by atoms with Crippen LogP contribution in [0.1, 0.15) is 29.7 Å². The lowest BCUT2D eigenvalue weighted by Gasteiger charge is -2.20. The fourth-order valence-corrected chi connectivity index (χ4v) is 2.64. The molecule has 2 aromatic carbocycles. The first-order chi connectivity index (χ1) is 12.5. The summed E-state index contributed by atoms with van der Waals surface area (Å²) in [6.07, 6.45) is 0. The third-order valence-corrected chi connectivity index (χ3v) is 3.97. The Morgan fingerprint density at radius 2 is 1.96 bits per heavy atom. The quantitative estimate of drug-likeness (QED) is 0.322. The maximum absolute atomic E-state index is 10.8. The monoisotopic (exact) mass is 482 g/mol. The van der Waals surface area contributed by atoms with Crippen LogP contribution in [-0.2, 0) is 11.3 Å². The number of aliphatic imine (C=N–C) groups is 1. The van der Waals surface area contributed by atoms with Gasteiger partial charge in [0, 0.05) is 13.6 Å². The first-order valence-electron chi connectivity index (χ1n) is 8.52. The summed E-state index contributed by atoms with van der Waals surface area (Å²) in [6.45, 7) is 4.65. The molecule has 0 fully saturated rings. The van der Waals surface area contributed by atoms with Gasteiger partial charge in [-0.2, -0.15) is 0 Å². The van der Waals surface area contributed by atoms with Crippen molar-refractivity contribution in [3.8, 4) is 5.75 Å². The van der Waals surface area contributed by atoms with Crippen molar-refractivity contribution in [1.29, 1.82) is 0 Å². The van der Waals surface area contributed by atoms with Crippen LogP contribution in [0.3, 0.4) is 0 Å². The highest BCUT2D eigenvalue weighted by Gasteiger charge is 2.09. The highest BCUT2D eigenvalue weighted by atomic mass is 127. The summed E-state index contributed by atoms with van der Waals surface area (Å²) in [6, 6.07) is 15.9. The smallest absolute Gasteiger partial charge is 0.255 e. The van der Waals surface area contributed by atoms with Crippen LogP contribution in [0.5, 0.6) is 5.75 Å². The molecule has 0 aliphatic heterocycles. The van der Waals surface area contributed by atoms with E-state index >= 15 is 0 Å². The Morgan fingerprint density at radius 3 is 2.63 bits per heavy atom. The molecule has 0 aliphatic rings. The molecule has 1 atom stereocenters. The van der Waals surface area contributed by atoms with E-state index in [1.54, 1.807) is 13.1 Å². The first-order valence-corrected chi connectivity index (χ1v) is 8.52. The van der Waals surface area contributed by atoms with E-state index < -0.39 is 5.91 Å². The van der Waals surface area contributed by atoms with Gasteiger partial charge in [-0.15, -0.1) is 24.0 Å². The number of aryl methyl sites for hydroxylation is 1. The number of amides is 1. The molecule has 0 radical (unpaired) electrons. The van der Waals surface area contributed by atoms with Gasteiger partial charge in [0.2, 0.25) is 0 Å². The average molecular weight is 482 g/mol. The predicted molar refractivity (Wildman–Crippen MR) is 119 cm³/mol. The second kappa shape index (κ2) is 11.4. The van der Waals surface area contributed by atoms with Gasteiger partial charge in [0.15, 0.2) is 12.6 Å². The summed E-state index contributed by atoms with van der Waals surface area (Å²) in [5.41, 5.74) is 8.58. The number of hydrogen-bond donors (Lipinski definition) is 3. The number of hydrogen-bond acceptors (Lipinski definition) is 3. The van der Waals surface area contributed by atoms with Gasteiger partial charge in [0.05, 0.1) is 6.04 Å². The number of ether oxygens (including phenoxy) is 1. The van der Waals surface area contributed by atoms with Gasteiger partial charge >= 0.3 is 0 Å². The molecule has 1 unspecified atom stereocenters. The Labute approximate surface area is 177 Å². The highest BCUT2D eigenvalue weighted by molar-refractivity contribution is 14.0. The van der Waals surface area contributed by atoms with Gasteiger partial charge < -0.3 is 21.1 Å². The number of nitrogens with zero attached hydrogens (tertiary/aromatic N) is 1. The van der Waals surface area contributed by atoms with Crippen molar-refractivity contribution >= 4 is 35.8 Å². The Kier molecular flexibility index (Phi) is 9.63. The Hall–Kier alpha value is -2.29. The van der Waals surface area contributed by atoms with Crippen molar-refractivity contribution in [2.75, 3.05) is 13.7 Å². The second-order valence-electron chi connectivity index (χ2n) is 6.05. The van der Waals surface area contributed by atoms with Crippen LogP contribution in [-0.4, -0.2) is 25.5 Å². The summed E-state index contributed by atoms with van der Waals surface area (Å²) in [7, 11) is 1.74. The van der Waals surface area contributed by atoms with Crippen LogP contribution in [0, 0.1) is 6.92 Å². The number of nitrogens with one attached hydrogen (secondary N) is 2. The average Bonchev–Trinajstić information content (AvgIpc) is 2.64. The summed E-state index contributed by atoms with van der Waals surface area (Å²) in [4.78, 5) is 15.1. The molecule has 0 aromatic heterocycles. The van der Waals surface area contributed by atoms with Gasteiger partial charge in [0.25, 0.3) is 5.91 Å². The van der Waals surface area contributed by atoms with E-state index in [0.29, 0.717) is 18.3 Å². The van der Waals surface area contributed by atoms with E-state index in [1.807, 2.05) is 30.3 Å². The number of carbonyl (C=O) groups excluding carboxylic acids is 1. The van der Waals surface area contributed by atoms with E-state index in [0.717, 1.165) is 5.56 Å². The van der Waals surface area contributed by atoms with E-state index in [2.05, 4.69) is 41.6 Å². The predicted octanol–water partition coefficient (Wildman–Crippen LogP) is 2.90. The number of rotatable bonds is 7. The third-order valence-electron chi connectivity index (χ3n) is 3.97. The van der Waals surface area contributed by atoms with Crippen LogP contribution >= 0.6 is 24.0 Å². The van der Waals surface area contributed by atoms with Crippen molar-refractivity contribution < 1.29 is 9.53 Å². The fraction of sp³-hybridized carbons (Fsp3) is 0.300. The van der Waals surface area contributed by atoms with Gasteiger partial charge in [-0.25, -0.2) is 0 Å². The lowest BCUT2D eigenvalue weighted by atomic mass is 10.0. The van der Waals surface area contributed by atoms with Crippen LogP contribution in [0.4, 0.5) is 0 Å². The largest absolute Gasteiger partial charge is 0.484 e. The highest BCUT2D eigenvalue weighted by Crippen LogP contribution is 2.16. The minimum Gasteiger partial charge on any atom is -0.484 e. The number of guanidine groups is 1. The van der Waals surface area contributed by atoms with Crippen LogP contribution in [0.25, 0.3) is 0 Å². The second-order valence-corrected chi connectivity index (χ2v) is 6.05. The van der Waals surface area contributed by atoms with E-state index in [9.17, 15) is 4.79 Å². The minimum absolute atomic E-state index is 0. The molecule has 0 saturated heterocycles. The zero-order chi connectivity index (χ0) is 18.9. The Morgan fingerprint density at radius 1 is 1.22 bits per heavy atom. The number of nitrogens with two attached hydrogens (primary N) is 1. The molecule has 6 nitrogen and oxygen atoms in total. The molecule has 7 heteroatoms. The standard InChI is InChI=1S/C20H26N4O2.HI/c1-14-7-4-5-10-18(14)15(2)24-20(22-3)23-12-16-8-6-9-17(11-16)26-13-19(21)25;/h4-11,15H,12-13H2,1-3H3,(H2,21,25)(H2,22,23,24);1H. The third kappa shape index (κ3) is 7.46. The summed E-state index contributed by atoms with van der Waals surface area (Å²) >= 11 is 0. The lowest BCUT2D eigenvalue weighted by molar-refractivity contribution is -0.119. The molecule has 0 aliphatic carbocycles. The van der Waals surface area contributed by atoms with Gasteiger partial charge in [-0.05, 0) is 42.7 Å². The lowest BCUT2D eigenvalue weighted by Crippen LogP contribution is -2.38. The van der Waals surface area contributed by atoms with Gasteiger partial charge in [0.1, 0.15) is 5.75 Å². The topological polar surface area (TPSA) is 88.7 Å². The number of primary amides is 1. The maximum atomic E-state index is 10.8. The zero-order valence-electron chi connectivity index (χ0n) is 15.9. The summed E-state index contributed by atoms with van der Waals surface area (Å²) in [5, 5.41) is 6.68. The van der Waals surface area contributed by atoms with E-state index in [-0.39, 0.29) is 36.6 Å². The van der Waals surface area contributed by atoms with Crippen LogP contribution in [0.2, 0.25) is 0 Å². The molecule has 0 spiro atoms. The molecule has 0 heterocycles. The van der Waals surface area contributed by atoms with Crippen LogP contribution in [0.15, 0.2) is 53.5 Å². The summed E-state index contributed by atoms with van der Waals surface area (Å²) < 4.78 is 5.33. The molecular formula is C20H27IN4O2. The first kappa shape index (κ1) is 22.8. The molecule has 4 N–H and O–H groups in total. The number of carbonyl (C=O) groups is 1. The van der Waals surface area contributed by atoms with Crippen molar-refractivity contribution in [3.63, 3.8) is 0 Å². The maximum Gasteiger partial charge on any atom is 0.255 e. The normalized spacial score (nSPS) is 11.9. The SMILES string of the molecule is CN=C(NCc1cccc(OCC(N)=O)c1)NC(C)c1ccccc1C.I.